The van der Waals surface area contributed by atoms with E-state index in [0.717, 1.165) is 36.3 Å². The molecular formula is C15H20O2. The van der Waals surface area contributed by atoms with Gasteiger partial charge in [-0.15, -0.1) is 0 Å². The average Bonchev–Trinajstić information content (AvgIpc) is 2.30. The molecule has 92 valence electrons. The predicted molar refractivity (Wildman–Crippen MR) is 70.0 cm³/mol. The van der Waals surface area contributed by atoms with Crippen LogP contribution in [0.5, 0.6) is 5.75 Å². The fourth-order valence-corrected chi connectivity index (χ4v) is 2.05. The van der Waals surface area contributed by atoms with Crippen molar-refractivity contribution in [3.63, 3.8) is 0 Å². The van der Waals surface area contributed by atoms with Crippen LogP contribution in [0.15, 0.2) is 30.8 Å². The van der Waals surface area contributed by atoms with Crippen LogP contribution >= 0.6 is 0 Å². The topological polar surface area (TPSA) is 18.5 Å². The van der Waals surface area contributed by atoms with Gasteiger partial charge in [0.2, 0.25) is 5.79 Å². The molecule has 1 atom stereocenters. The first kappa shape index (κ1) is 12.2. The number of benzene rings is 1. The Morgan fingerprint density at radius 3 is 2.53 bits per heavy atom. The van der Waals surface area contributed by atoms with Gasteiger partial charge in [-0.3, -0.25) is 0 Å². The Kier molecular flexibility index (Phi) is 3.53. The molecule has 0 aliphatic carbocycles. The molecule has 1 aromatic carbocycles. The highest BCUT2D eigenvalue weighted by atomic mass is 16.7. The van der Waals surface area contributed by atoms with E-state index in [1.165, 1.54) is 6.42 Å². The zero-order valence-corrected chi connectivity index (χ0v) is 10.7. The molecule has 1 fully saturated rings. The largest absolute Gasteiger partial charge is 0.463 e. The highest BCUT2D eigenvalue weighted by Gasteiger charge is 2.29. The quantitative estimate of drug-likeness (QED) is 0.783. The number of ether oxygens (including phenoxy) is 2. The monoisotopic (exact) mass is 232 g/mol. The summed E-state index contributed by atoms with van der Waals surface area (Å²) in [6, 6.07) is 8.02. The second-order valence-electron chi connectivity index (χ2n) is 4.85. The number of allylic oxidation sites excluding steroid dienone is 1. The Balaban J connectivity index is 2.05. The summed E-state index contributed by atoms with van der Waals surface area (Å²) < 4.78 is 11.6. The van der Waals surface area contributed by atoms with Crippen LogP contribution in [-0.2, 0) is 4.74 Å². The molecule has 0 bridgehead atoms. The van der Waals surface area contributed by atoms with Gasteiger partial charge >= 0.3 is 0 Å². The van der Waals surface area contributed by atoms with Gasteiger partial charge in [0.15, 0.2) is 0 Å². The van der Waals surface area contributed by atoms with Crippen LogP contribution in [0, 0.1) is 0 Å². The van der Waals surface area contributed by atoms with Gasteiger partial charge in [-0.1, -0.05) is 24.3 Å². The van der Waals surface area contributed by atoms with Crippen molar-refractivity contribution >= 4 is 5.57 Å². The van der Waals surface area contributed by atoms with Gasteiger partial charge < -0.3 is 9.47 Å². The normalized spacial score (nSPS) is 24.4. The van der Waals surface area contributed by atoms with Gasteiger partial charge in [-0.05, 0) is 37.5 Å². The minimum absolute atomic E-state index is 0.455. The Labute approximate surface area is 103 Å². The fraction of sp³-hybridized carbons (Fsp3) is 0.467. The summed E-state index contributed by atoms with van der Waals surface area (Å²) in [6.45, 7) is 8.73. The first-order valence-electron chi connectivity index (χ1n) is 6.18. The molecule has 0 spiro atoms. The number of rotatable bonds is 3. The second kappa shape index (κ2) is 4.92. The lowest BCUT2D eigenvalue weighted by Crippen LogP contribution is -2.38. The maximum atomic E-state index is 5.93. The molecule has 1 aliphatic rings. The molecule has 1 aliphatic heterocycles. The van der Waals surface area contributed by atoms with Crippen molar-refractivity contribution in [2.75, 3.05) is 6.61 Å². The lowest BCUT2D eigenvalue weighted by Gasteiger charge is -2.34. The highest BCUT2D eigenvalue weighted by Crippen LogP contribution is 2.28. The molecule has 1 aromatic rings. The summed E-state index contributed by atoms with van der Waals surface area (Å²) in [4.78, 5) is 0. The average molecular weight is 232 g/mol. The molecule has 2 heteroatoms. The Bertz CT molecular complexity index is 386. The first-order chi connectivity index (χ1) is 8.09. The van der Waals surface area contributed by atoms with Crippen molar-refractivity contribution in [1.82, 2.24) is 0 Å². The van der Waals surface area contributed by atoms with E-state index in [0.29, 0.717) is 0 Å². The van der Waals surface area contributed by atoms with Crippen molar-refractivity contribution in [3.8, 4) is 5.75 Å². The van der Waals surface area contributed by atoms with E-state index in [4.69, 9.17) is 9.47 Å². The zero-order valence-electron chi connectivity index (χ0n) is 10.7. The van der Waals surface area contributed by atoms with Gasteiger partial charge in [0.25, 0.3) is 0 Å². The molecular weight excluding hydrogens is 212 g/mol. The summed E-state index contributed by atoms with van der Waals surface area (Å²) in [6.07, 6.45) is 3.25. The van der Waals surface area contributed by atoms with Crippen molar-refractivity contribution < 1.29 is 9.47 Å². The molecule has 2 nitrogen and oxygen atoms in total. The Morgan fingerprint density at radius 1 is 1.29 bits per heavy atom. The van der Waals surface area contributed by atoms with E-state index < -0.39 is 5.79 Å². The predicted octanol–water partition coefficient (Wildman–Crippen LogP) is 4.02. The smallest absolute Gasteiger partial charge is 0.207 e. The third kappa shape index (κ3) is 3.10. The van der Waals surface area contributed by atoms with E-state index >= 15 is 0 Å². The van der Waals surface area contributed by atoms with Crippen LogP contribution in [0.1, 0.15) is 38.7 Å². The van der Waals surface area contributed by atoms with Crippen LogP contribution in [0.3, 0.4) is 0 Å². The van der Waals surface area contributed by atoms with Crippen molar-refractivity contribution in [2.24, 2.45) is 0 Å². The third-order valence-corrected chi connectivity index (χ3v) is 3.11. The zero-order chi connectivity index (χ0) is 12.3. The fourth-order valence-electron chi connectivity index (χ4n) is 2.05. The van der Waals surface area contributed by atoms with Crippen LogP contribution in [0.4, 0.5) is 0 Å². The molecule has 17 heavy (non-hydrogen) atoms. The van der Waals surface area contributed by atoms with Crippen molar-refractivity contribution in [1.29, 1.82) is 0 Å². The second-order valence-corrected chi connectivity index (χ2v) is 4.85. The van der Waals surface area contributed by atoms with Crippen molar-refractivity contribution in [2.45, 2.75) is 38.9 Å². The SMILES string of the molecule is C=C(C)c1ccc(OC2(C)CCCCO2)cc1. The van der Waals surface area contributed by atoms with Gasteiger partial charge in [-0.25, -0.2) is 0 Å². The molecule has 0 N–H and O–H groups in total. The van der Waals surface area contributed by atoms with E-state index in [1.54, 1.807) is 0 Å². The molecule has 2 rings (SSSR count). The van der Waals surface area contributed by atoms with Gasteiger partial charge in [0, 0.05) is 13.3 Å². The van der Waals surface area contributed by atoms with Crippen LogP contribution < -0.4 is 4.74 Å². The van der Waals surface area contributed by atoms with Gasteiger partial charge in [0.1, 0.15) is 5.75 Å². The maximum absolute atomic E-state index is 5.93. The summed E-state index contributed by atoms with van der Waals surface area (Å²) in [5.74, 6) is 0.405. The lowest BCUT2D eigenvalue weighted by molar-refractivity contribution is -0.192. The number of hydrogen-bond acceptors (Lipinski definition) is 2. The standard InChI is InChI=1S/C15H20O2/c1-12(2)13-6-8-14(9-7-13)17-15(3)10-4-5-11-16-15/h6-9H,1,4-5,10-11H2,2-3H3. The van der Waals surface area contributed by atoms with Crippen molar-refractivity contribution in [3.05, 3.63) is 36.4 Å². The van der Waals surface area contributed by atoms with E-state index in [-0.39, 0.29) is 0 Å². The molecule has 1 saturated heterocycles. The van der Waals surface area contributed by atoms with Gasteiger partial charge in [-0.2, -0.15) is 0 Å². The third-order valence-electron chi connectivity index (χ3n) is 3.11. The van der Waals surface area contributed by atoms with E-state index in [9.17, 15) is 0 Å². The highest BCUT2D eigenvalue weighted by molar-refractivity contribution is 5.61. The minimum atomic E-state index is -0.455. The summed E-state index contributed by atoms with van der Waals surface area (Å²) in [7, 11) is 0. The summed E-state index contributed by atoms with van der Waals surface area (Å²) in [5, 5.41) is 0. The molecule has 0 amide bonds. The molecule has 0 saturated carbocycles. The van der Waals surface area contributed by atoms with Crippen LogP contribution in [-0.4, -0.2) is 12.4 Å². The maximum Gasteiger partial charge on any atom is 0.207 e. The summed E-state index contributed by atoms with van der Waals surface area (Å²) >= 11 is 0. The molecule has 0 radical (unpaired) electrons. The molecule has 0 aromatic heterocycles. The summed E-state index contributed by atoms with van der Waals surface area (Å²) in [5.41, 5.74) is 2.21. The van der Waals surface area contributed by atoms with E-state index in [1.807, 2.05) is 38.1 Å². The molecule has 1 unspecified atom stereocenters. The van der Waals surface area contributed by atoms with Crippen LogP contribution in [0.25, 0.3) is 5.57 Å². The van der Waals surface area contributed by atoms with Gasteiger partial charge in [0.05, 0.1) is 6.61 Å². The minimum Gasteiger partial charge on any atom is -0.463 e. The van der Waals surface area contributed by atoms with Crippen LogP contribution in [0.2, 0.25) is 0 Å². The van der Waals surface area contributed by atoms with E-state index in [2.05, 4.69) is 6.58 Å². The molecule has 1 heterocycles. The Morgan fingerprint density at radius 2 is 2.00 bits per heavy atom. The lowest BCUT2D eigenvalue weighted by atomic mass is 10.1. The number of hydrogen-bond donors (Lipinski definition) is 0. The Hall–Kier alpha value is -1.28. The first-order valence-corrected chi connectivity index (χ1v) is 6.18.